The number of nitrogens with zero attached hydrogens (tertiary/aromatic N) is 2. The lowest BCUT2D eigenvalue weighted by Gasteiger charge is -2.42. The number of carbonyl (C=O) groups is 1. The molecule has 2 unspecified atom stereocenters. The molecule has 0 N–H and O–H groups in total. The Labute approximate surface area is 154 Å². The average Bonchev–Trinajstić information content (AvgIpc) is 3.12. The Morgan fingerprint density at radius 1 is 1.17 bits per heavy atom. The van der Waals surface area contributed by atoms with Crippen LogP contribution in [-0.4, -0.2) is 47.9 Å². The molecule has 1 aromatic rings. The van der Waals surface area contributed by atoms with E-state index in [2.05, 4.69) is 4.90 Å². The molecule has 132 valence electrons. The maximum Gasteiger partial charge on any atom is 0.227 e. The van der Waals surface area contributed by atoms with Crippen LogP contribution in [0.5, 0.6) is 0 Å². The highest BCUT2D eigenvalue weighted by Gasteiger charge is 2.35. The molecule has 5 heteroatoms. The first-order valence-corrected chi connectivity index (χ1v) is 9.76. The molecule has 2 fully saturated rings. The Balaban J connectivity index is 1.70. The van der Waals surface area contributed by atoms with Crippen molar-refractivity contribution in [2.45, 2.75) is 57.0 Å². The van der Waals surface area contributed by atoms with Gasteiger partial charge < -0.3 is 4.90 Å². The Hall–Kier alpha value is -0.770. The lowest BCUT2D eigenvalue weighted by Crippen LogP contribution is -2.53. The van der Waals surface area contributed by atoms with Crippen molar-refractivity contribution in [1.82, 2.24) is 9.80 Å². The average molecular weight is 369 g/mol. The Bertz CT molecular complexity index is 587. The van der Waals surface area contributed by atoms with E-state index in [-0.39, 0.29) is 5.91 Å². The van der Waals surface area contributed by atoms with Crippen molar-refractivity contribution in [3.8, 4) is 0 Å². The zero-order valence-corrected chi connectivity index (χ0v) is 15.8. The number of likely N-dealkylation sites (N-methyl/N-ethyl adjacent to an activating group) is 1. The van der Waals surface area contributed by atoms with E-state index in [4.69, 9.17) is 23.2 Å². The lowest BCUT2D eigenvalue weighted by molar-refractivity contribution is -0.133. The Morgan fingerprint density at radius 3 is 2.62 bits per heavy atom. The SMILES string of the molecule is CN(C(=O)Cc1cccc(Cl)c1Cl)C1CCCCC1N1CCCC1. The smallest absolute Gasteiger partial charge is 0.227 e. The van der Waals surface area contributed by atoms with Gasteiger partial charge in [0.05, 0.1) is 16.5 Å². The second-order valence-corrected chi connectivity index (χ2v) is 7.84. The zero-order valence-electron chi connectivity index (χ0n) is 14.3. The fourth-order valence-electron chi connectivity index (χ4n) is 4.20. The van der Waals surface area contributed by atoms with Crippen LogP contribution in [0.1, 0.15) is 44.1 Å². The third-order valence-electron chi connectivity index (χ3n) is 5.57. The van der Waals surface area contributed by atoms with Crippen molar-refractivity contribution in [2.24, 2.45) is 0 Å². The summed E-state index contributed by atoms with van der Waals surface area (Å²) >= 11 is 12.3. The van der Waals surface area contributed by atoms with Crippen LogP contribution < -0.4 is 0 Å². The minimum absolute atomic E-state index is 0.135. The van der Waals surface area contributed by atoms with Crippen LogP contribution in [-0.2, 0) is 11.2 Å². The van der Waals surface area contributed by atoms with Gasteiger partial charge in [-0.2, -0.15) is 0 Å². The summed E-state index contributed by atoms with van der Waals surface area (Å²) in [5.74, 6) is 0.135. The van der Waals surface area contributed by atoms with Crippen molar-refractivity contribution in [3.05, 3.63) is 33.8 Å². The normalized spacial score (nSPS) is 25.0. The van der Waals surface area contributed by atoms with E-state index in [1.807, 2.05) is 24.1 Å². The number of hydrogen-bond donors (Lipinski definition) is 0. The molecular weight excluding hydrogens is 343 g/mol. The highest BCUT2D eigenvalue weighted by atomic mass is 35.5. The summed E-state index contributed by atoms with van der Waals surface area (Å²) in [6, 6.07) is 6.34. The number of benzene rings is 1. The van der Waals surface area contributed by atoms with Gasteiger partial charge in [0.2, 0.25) is 5.91 Å². The van der Waals surface area contributed by atoms with Crippen molar-refractivity contribution in [1.29, 1.82) is 0 Å². The fraction of sp³-hybridized carbons (Fsp3) is 0.632. The van der Waals surface area contributed by atoms with Gasteiger partial charge in [0.25, 0.3) is 0 Å². The molecule has 1 aliphatic heterocycles. The van der Waals surface area contributed by atoms with E-state index < -0.39 is 0 Å². The summed E-state index contributed by atoms with van der Waals surface area (Å²) in [7, 11) is 1.96. The van der Waals surface area contributed by atoms with Crippen LogP contribution in [0.15, 0.2) is 18.2 Å². The maximum atomic E-state index is 12.8. The van der Waals surface area contributed by atoms with Gasteiger partial charge in [-0.1, -0.05) is 48.2 Å². The van der Waals surface area contributed by atoms with E-state index in [0.717, 1.165) is 12.0 Å². The lowest BCUT2D eigenvalue weighted by atomic mass is 9.88. The molecule has 0 aromatic heterocycles. The first-order valence-electron chi connectivity index (χ1n) is 9.00. The molecule has 0 spiro atoms. The van der Waals surface area contributed by atoms with Gasteiger partial charge in [0, 0.05) is 19.1 Å². The van der Waals surface area contributed by atoms with Crippen molar-refractivity contribution in [3.63, 3.8) is 0 Å². The largest absolute Gasteiger partial charge is 0.341 e. The van der Waals surface area contributed by atoms with Crippen LogP contribution in [0, 0.1) is 0 Å². The maximum absolute atomic E-state index is 12.8. The van der Waals surface area contributed by atoms with Crippen LogP contribution in [0.4, 0.5) is 0 Å². The molecule has 1 saturated heterocycles. The summed E-state index contributed by atoms with van der Waals surface area (Å²) < 4.78 is 0. The van der Waals surface area contributed by atoms with Gasteiger partial charge >= 0.3 is 0 Å². The molecule has 0 bridgehead atoms. The molecule has 2 atom stereocenters. The predicted molar refractivity (Wildman–Crippen MR) is 99.8 cm³/mol. The first kappa shape index (κ1) is 18.0. The molecule has 3 nitrogen and oxygen atoms in total. The monoisotopic (exact) mass is 368 g/mol. The van der Waals surface area contributed by atoms with Gasteiger partial charge in [-0.3, -0.25) is 9.69 Å². The van der Waals surface area contributed by atoms with Gasteiger partial charge in [-0.15, -0.1) is 0 Å². The first-order chi connectivity index (χ1) is 11.6. The predicted octanol–water partition coefficient (Wildman–Crippen LogP) is 4.40. The molecule has 1 amide bonds. The van der Waals surface area contributed by atoms with E-state index in [0.29, 0.717) is 28.5 Å². The number of halogens is 2. The van der Waals surface area contributed by atoms with E-state index in [1.54, 1.807) is 6.07 Å². The summed E-state index contributed by atoms with van der Waals surface area (Å²) in [4.78, 5) is 17.4. The minimum atomic E-state index is 0.135. The molecule has 2 aliphatic rings. The van der Waals surface area contributed by atoms with Gasteiger partial charge in [0.15, 0.2) is 0 Å². The topological polar surface area (TPSA) is 23.6 Å². The zero-order chi connectivity index (χ0) is 17.1. The van der Waals surface area contributed by atoms with Crippen LogP contribution in [0.2, 0.25) is 10.0 Å². The molecule has 0 radical (unpaired) electrons. The van der Waals surface area contributed by atoms with E-state index >= 15 is 0 Å². The number of carbonyl (C=O) groups excluding carboxylic acids is 1. The van der Waals surface area contributed by atoms with Crippen LogP contribution in [0.3, 0.4) is 0 Å². The van der Waals surface area contributed by atoms with E-state index in [9.17, 15) is 4.79 Å². The number of hydrogen-bond acceptors (Lipinski definition) is 2. The van der Waals surface area contributed by atoms with Crippen molar-refractivity contribution >= 4 is 29.1 Å². The summed E-state index contributed by atoms with van der Waals surface area (Å²) in [6.07, 6.45) is 7.70. The molecule has 1 aliphatic carbocycles. The molecule has 24 heavy (non-hydrogen) atoms. The third-order valence-corrected chi connectivity index (χ3v) is 6.43. The Morgan fingerprint density at radius 2 is 1.88 bits per heavy atom. The minimum Gasteiger partial charge on any atom is -0.341 e. The Kier molecular flexibility index (Phi) is 6.07. The molecule has 3 rings (SSSR count). The van der Waals surface area contributed by atoms with Crippen LogP contribution >= 0.6 is 23.2 Å². The third kappa shape index (κ3) is 3.89. The summed E-state index contributed by atoms with van der Waals surface area (Å²) in [5.41, 5.74) is 0.814. The fourth-order valence-corrected chi connectivity index (χ4v) is 4.59. The second-order valence-electron chi connectivity index (χ2n) is 7.06. The van der Waals surface area contributed by atoms with Crippen LogP contribution in [0.25, 0.3) is 0 Å². The van der Waals surface area contributed by atoms with Crippen molar-refractivity contribution < 1.29 is 4.79 Å². The summed E-state index contributed by atoms with van der Waals surface area (Å²) in [6.45, 7) is 2.37. The molecule has 1 aromatic carbocycles. The highest BCUT2D eigenvalue weighted by molar-refractivity contribution is 6.42. The number of rotatable bonds is 4. The standard InChI is InChI=1S/C19H26Cl2N2O/c1-22(18(24)13-14-7-6-8-15(20)19(14)21)16-9-2-3-10-17(16)23-11-4-5-12-23/h6-8,16-17H,2-5,9-13H2,1H3. The quantitative estimate of drug-likeness (QED) is 0.785. The second kappa shape index (κ2) is 8.07. The van der Waals surface area contributed by atoms with Gasteiger partial charge in [-0.25, -0.2) is 0 Å². The van der Waals surface area contributed by atoms with E-state index in [1.165, 1.54) is 45.2 Å². The van der Waals surface area contributed by atoms with Gasteiger partial charge in [0.1, 0.15) is 0 Å². The summed E-state index contributed by atoms with van der Waals surface area (Å²) in [5, 5.41) is 1.01. The highest BCUT2D eigenvalue weighted by Crippen LogP contribution is 2.30. The molecule has 1 heterocycles. The molecule has 1 saturated carbocycles. The van der Waals surface area contributed by atoms with Gasteiger partial charge in [-0.05, 0) is 50.4 Å². The van der Waals surface area contributed by atoms with Crippen molar-refractivity contribution in [2.75, 3.05) is 20.1 Å². The number of amides is 1. The molecular formula is C19H26Cl2N2O. The number of likely N-dealkylation sites (tertiary alicyclic amines) is 1.